The van der Waals surface area contributed by atoms with E-state index in [1.807, 2.05) is 0 Å². The number of carboxylic acid groups (broad SMARTS) is 2. The number of carboxylic acids is 2. The van der Waals surface area contributed by atoms with E-state index in [-0.39, 0.29) is 29.8 Å². The number of aliphatic hydroxyl groups excluding tert-OH is 1. The summed E-state index contributed by atoms with van der Waals surface area (Å²) in [6, 6.07) is 17.3. The molecule has 4 rings (SSSR count). The summed E-state index contributed by atoms with van der Waals surface area (Å²) in [6.07, 6.45) is 0. The molecule has 1 aromatic heterocycles. The number of benzene rings is 3. The zero-order chi connectivity index (χ0) is 23.7. The number of nitrogens with zero attached hydrogens (tertiary/aromatic N) is 1. The van der Waals surface area contributed by atoms with Gasteiger partial charge in [0.25, 0.3) is 5.56 Å². The van der Waals surface area contributed by atoms with Crippen molar-refractivity contribution in [2.24, 2.45) is 0 Å². The van der Waals surface area contributed by atoms with Crippen LogP contribution in [-0.4, -0.2) is 31.8 Å². The number of hydrogen-bond donors (Lipinski definition) is 3. The van der Waals surface area contributed by atoms with E-state index < -0.39 is 17.5 Å². The van der Waals surface area contributed by atoms with E-state index in [4.69, 9.17) is 16.7 Å². The topological polar surface area (TPSA) is 117 Å². The number of aliphatic hydroxyl groups is 1. The van der Waals surface area contributed by atoms with Crippen LogP contribution in [0.1, 0.15) is 32.0 Å². The average molecular weight is 464 g/mol. The summed E-state index contributed by atoms with van der Waals surface area (Å²) >= 11 is 6.19. The second-order valence-electron chi connectivity index (χ2n) is 7.47. The molecule has 0 saturated carbocycles. The highest BCUT2D eigenvalue weighted by Gasteiger charge is 2.23. The summed E-state index contributed by atoms with van der Waals surface area (Å²) in [4.78, 5) is 37.0. The van der Waals surface area contributed by atoms with Crippen molar-refractivity contribution in [1.29, 1.82) is 0 Å². The van der Waals surface area contributed by atoms with Gasteiger partial charge in [0.15, 0.2) is 0 Å². The normalized spacial score (nSPS) is 11.0. The SMILES string of the molecule is O=C(O)c1ccc(Cn2c(C(=O)O)c(-c3cccc(CO)c3)c3cc(Cl)ccc3c2=O)cc1. The molecule has 3 N–H and O–H groups in total. The molecule has 0 aliphatic carbocycles. The molecule has 0 bridgehead atoms. The minimum Gasteiger partial charge on any atom is -0.478 e. The quantitative estimate of drug-likeness (QED) is 0.393. The van der Waals surface area contributed by atoms with Crippen LogP contribution in [0.5, 0.6) is 0 Å². The van der Waals surface area contributed by atoms with Crippen molar-refractivity contribution in [2.75, 3.05) is 0 Å². The number of aromatic nitrogens is 1. The van der Waals surface area contributed by atoms with E-state index >= 15 is 0 Å². The third-order valence-electron chi connectivity index (χ3n) is 5.38. The summed E-state index contributed by atoms with van der Waals surface area (Å²) in [5.74, 6) is -2.39. The maximum Gasteiger partial charge on any atom is 0.353 e. The molecule has 3 aromatic carbocycles. The van der Waals surface area contributed by atoms with Crippen LogP contribution >= 0.6 is 11.6 Å². The lowest BCUT2D eigenvalue weighted by Crippen LogP contribution is -2.28. The van der Waals surface area contributed by atoms with Crippen molar-refractivity contribution in [1.82, 2.24) is 4.57 Å². The van der Waals surface area contributed by atoms with E-state index in [9.17, 15) is 24.6 Å². The van der Waals surface area contributed by atoms with Gasteiger partial charge in [0.2, 0.25) is 0 Å². The number of rotatable bonds is 6. The summed E-state index contributed by atoms with van der Waals surface area (Å²) in [5, 5.41) is 29.9. The van der Waals surface area contributed by atoms with E-state index in [0.717, 1.165) is 4.57 Å². The molecule has 0 saturated heterocycles. The third-order valence-corrected chi connectivity index (χ3v) is 5.61. The van der Waals surface area contributed by atoms with Crippen LogP contribution in [0, 0.1) is 0 Å². The van der Waals surface area contributed by atoms with Gasteiger partial charge in [0, 0.05) is 16.0 Å². The van der Waals surface area contributed by atoms with Crippen molar-refractivity contribution in [3.8, 4) is 11.1 Å². The van der Waals surface area contributed by atoms with Gasteiger partial charge in [-0.25, -0.2) is 9.59 Å². The van der Waals surface area contributed by atoms with Crippen LogP contribution in [0.4, 0.5) is 0 Å². The molecule has 33 heavy (non-hydrogen) atoms. The maximum absolute atomic E-state index is 13.4. The largest absolute Gasteiger partial charge is 0.478 e. The van der Waals surface area contributed by atoms with Gasteiger partial charge in [-0.15, -0.1) is 0 Å². The zero-order valence-electron chi connectivity index (χ0n) is 17.2. The van der Waals surface area contributed by atoms with Crippen LogP contribution in [-0.2, 0) is 13.2 Å². The number of aromatic carboxylic acids is 2. The molecule has 4 aromatic rings. The number of pyridine rings is 1. The Morgan fingerprint density at radius 2 is 1.58 bits per heavy atom. The second-order valence-corrected chi connectivity index (χ2v) is 7.91. The van der Waals surface area contributed by atoms with Gasteiger partial charge >= 0.3 is 11.9 Å². The summed E-state index contributed by atoms with van der Waals surface area (Å²) in [6.45, 7) is -0.309. The van der Waals surface area contributed by atoms with Crippen molar-refractivity contribution < 1.29 is 24.9 Å². The van der Waals surface area contributed by atoms with Crippen molar-refractivity contribution in [3.63, 3.8) is 0 Å². The molecule has 7 nitrogen and oxygen atoms in total. The first-order valence-corrected chi connectivity index (χ1v) is 10.3. The van der Waals surface area contributed by atoms with Gasteiger partial charge in [-0.05, 0) is 58.5 Å². The Balaban J connectivity index is 2.04. The Kier molecular flexibility index (Phi) is 6.00. The van der Waals surface area contributed by atoms with Crippen LogP contribution in [0.3, 0.4) is 0 Å². The number of halogens is 1. The highest BCUT2D eigenvalue weighted by molar-refractivity contribution is 6.31. The maximum atomic E-state index is 13.4. The molecule has 0 unspecified atom stereocenters. The van der Waals surface area contributed by atoms with Gasteiger partial charge in [-0.3, -0.25) is 9.36 Å². The predicted molar refractivity (Wildman–Crippen MR) is 124 cm³/mol. The summed E-state index contributed by atoms with van der Waals surface area (Å²) in [7, 11) is 0. The Morgan fingerprint density at radius 3 is 2.21 bits per heavy atom. The highest BCUT2D eigenvalue weighted by atomic mass is 35.5. The number of carbonyl (C=O) groups is 2. The Bertz CT molecular complexity index is 1460. The Morgan fingerprint density at radius 1 is 0.848 bits per heavy atom. The molecule has 8 heteroatoms. The Labute approximate surface area is 192 Å². The van der Waals surface area contributed by atoms with E-state index in [0.29, 0.717) is 32.7 Å². The Hall–Kier alpha value is -3.94. The molecule has 0 radical (unpaired) electrons. The van der Waals surface area contributed by atoms with Crippen LogP contribution in [0.2, 0.25) is 5.02 Å². The van der Waals surface area contributed by atoms with Crippen LogP contribution < -0.4 is 5.56 Å². The summed E-state index contributed by atoms with van der Waals surface area (Å²) in [5.41, 5.74) is 1.31. The smallest absolute Gasteiger partial charge is 0.353 e. The molecular weight excluding hydrogens is 446 g/mol. The minimum absolute atomic E-state index is 0.0778. The first-order valence-electron chi connectivity index (χ1n) is 9.92. The lowest BCUT2D eigenvalue weighted by atomic mass is 9.95. The lowest BCUT2D eigenvalue weighted by molar-refractivity contribution is 0.0679. The van der Waals surface area contributed by atoms with Gasteiger partial charge < -0.3 is 15.3 Å². The second kappa shape index (κ2) is 8.90. The molecule has 0 fully saturated rings. The van der Waals surface area contributed by atoms with Gasteiger partial charge in [-0.2, -0.15) is 0 Å². The molecule has 0 spiro atoms. The molecular formula is C25H18ClNO6. The monoisotopic (exact) mass is 463 g/mol. The number of fused-ring (bicyclic) bond motifs is 1. The number of hydrogen-bond acceptors (Lipinski definition) is 4. The predicted octanol–water partition coefficient (Wildman–Crippen LogP) is 4.26. The zero-order valence-corrected chi connectivity index (χ0v) is 17.9. The minimum atomic E-state index is -1.31. The molecule has 0 atom stereocenters. The fourth-order valence-electron chi connectivity index (χ4n) is 3.85. The van der Waals surface area contributed by atoms with E-state index in [1.54, 1.807) is 54.6 Å². The van der Waals surface area contributed by atoms with Crippen LogP contribution in [0.25, 0.3) is 21.9 Å². The summed E-state index contributed by atoms with van der Waals surface area (Å²) < 4.78 is 1.16. The fraction of sp³-hybridized carbons (Fsp3) is 0.0800. The molecule has 0 aliphatic rings. The fourth-order valence-corrected chi connectivity index (χ4v) is 4.02. The standard InChI is InChI=1S/C25H18ClNO6/c26-18-8-9-19-20(11-18)21(17-3-1-2-15(10-17)13-28)22(25(32)33)27(23(19)29)12-14-4-6-16(7-5-14)24(30)31/h1-11,28H,12-13H2,(H,30,31)(H,32,33). The van der Waals surface area contributed by atoms with Gasteiger partial charge in [0.1, 0.15) is 5.69 Å². The van der Waals surface area contributed by atoms with Crippen molar-refractivity contribution in [2.45, 2.75) is 13.2 Å². The van der Waals surface area contributed by atoms with E-state index in [2.05, 4.69) is 0 Å². The van der Waals surface area contributed by atoms with Gasteiger partial charge in [-0.1, -0.05) is 41.9 Å². The van der Waals surface area contributed by atoms with Gasteiger partial charge in [0.05, 0.1) is 18.7 Å². The molecule has 166 valence electrons. The first-order chi connectivity index (χ1) is 15.8. The third kappa shape index (κ3) is 4.24. The first kappa shape index (κ1) is 22.3. The molecule has 1 heterocycles. The van der Waals surface area contributed by atoms with E-state index in [1.165, 1.54) is 12.1 Å². The molecule has 0 amide bonds. The van der Waals surface area contributed by atoms with Crippen LogP contribution in [0.15, 0.2) is 71.5 Å². The average Bonchev–Trinajstić information content (AvgIpc) is 2.80. The lowest BCUT2D eigenvalue weighted by Gasteiger charge is -2.18. The van der Waals surface area contributed by atoms with Crippen molar-refractivity contribution >= 4 is 34.3 Å². The highest BCUT2D eigenvalue weighted by Crippen LogP contribution is 2.33. The van der Waals surface area contributed by atoms with Crippen molar-refractivity contribution in [3.05, 3.63) is 104 Å². The molecule has 0 aliphatic heterocycles.